The zero-order chi connectivity index (χ0) is 18.5. The Bertz CT molecular complexity index is 880. The van der Waals surface area contributed by atoms with Crippen molar-refractivity contribution in [3.8, 4) is 6.07 Å². The lowest BCUT2D eigenvalue weighted by Crippen LogP contribution is -2.20. The third-order valence-corrected chi connectivity index (χ3v) is 4.65. The van der Waals surface area contributed by atoms with Gasteiger partial charge in [0.1, 0.15) is 11.6 Å². The van der Waals surface area contributed by atoms with E-state index < -0.39 is 5.91 Å². The fraction of sp³-hybridized carbons (Fsp3) is 0.263. The number of anilines is 2. The molecule has 7 heteroatoms. The standard InChI is InChI=1S/C19H18ClN5O/c1-13-16(20)5-4-6-17(13)24-18(26)15(10-21)9-14-11-22-19(23-12-14)25-7-2-3-8-25/h4-6,9,11-12H,2-3,7-8H2,1H3,(H,24,26). The maximum Gasteiger partial charge on any atom is 0.266 e. The predicted molar refractivity (Wildman–Crippen MR) is 102 cm³/mol. The van der Waals surface area contributed by atoms with Crippen molar-refractivity contribution in [2.45, 2.75) is 19.8 Å². The Morgan fingerprint density at radius 3 is 2.65 bits per heavy atom. The summed E-state index contributed by atoms with van der Waals surface area (Å²) in [6.07, 6.45) is 7.01. The zero-order valence-corrected chi connectivity index (χ0v) is 15.1. The second kappa shape index (κ2) is 7.98. The number of hydrogen-bond donors (Lipinski definition) is 1. The fourth-order valence-electron chi connectivity index (χ4n) is 2.73. The van der Waals surface area contributed by atoms with E-state index in [4.69, 9.17) is 11.6 Å². The van der Waals surface area contributed by atoms with Crippen molar-refractivity contribution in [1.29, 1.82) is 5.26 Å². The molecule has 3 rings (SSSR count). The van der Waals surface area contributed by atoms with Crippen molar-refractivity contribution in [2.75, 3.05) is 23.3 Å². The van der Waals surface area contributed by atoms with Gasteiger partial charge in [0.25, 0.3) is 5.91 Å². The quantitative estimate of drug-likeness (QED) is 0.659. The summed E-state index contributed by atoms with van der Waals surface area (Å²) < 4.78 is 0. The minimum atomic E-state index is -0.499. The molecule has 1 aromatic carbocycles. The van der Waals surface area contributed by atoms with Crippen LogP contribution in [-0.4, -0.2) is 29.0 Å². The van der Waals surface area contributed by atoms with E-state index in [1.165, 1.54) is 6.08 Å². The van der Waals surface area contributed by atoms with E-state index in [-0.39, 0.29) is 5.57 Å². The van der Waals surface area contributed by atoms with E-state index in [1.54, 1.807) is 37.5 Å². The lowest BCUT2D eigenvalue weighted by atomic mass is 10.1. The number of rotatable bonds is 4. The maximum absolute atomic E-state index is 12.4. The largest absolute Gasteiger partial charge is 0.341 e. The van der Waals surface area contributed by atoms with Gasteiger partial charge in [0.15, 0.2) is 0 Å². The molecule has 1 aliphatic rings. The number of nitrogens with zero attached hydrogens (tertiary/aromatic N) is 4. The van der Waals surface area contributed by atoms with Crippen LogP contribution in [0.25, 0.3) is 6.08 Å². The number of nitrogens with one attached hydrogen (secondary N) is 1. The molecular formula is C19H18ClN5O. The van der Waals surface area contributed by atoms with E-state index in [0.717, 1.165) is 31.5 Å². The normalized spacial score (nSPS) is 14.2. The topological polar surface area (TPSA) is 81.9 Å². The number of aromatic nitrogens is 2. The number of carbonyl (C=O) groups excluding carboxylic acids is 1. The Morgan fingerprint density at radius 1 is 1.31 bits per heavy atom. The van der Waals surface area contributed by atoms with Crippen LogP contribution < -0.4 is 10.2 Å². The van der Waals surface area contributed by atoms with Gasteiger partial charge in [0, 0.05) is 41.8 Å². The van der Waals surface area contributed by atoms with Crippen molar-refractivity contribution in [3.63, 3.8) is 0 Å². The molecule has 1 fully saturated rings. The van der Waals surface area contributed by atoms with E-state index in [1.807, 2.05) is 6.07 Å². The molecule has 0 atom stereocenters. The molecule has 2 aromatic rings. The molecule has 0 aliphatic carbocycles. The average Bonchev–Trinajstić information content (AvgIpc) is 3.18. The zero-order valence-electron chi connectivity index (χ0n) is 14.4. The Kier molecular flexibility index (Phi) is 5.49. The molecule has 0 saturated carbocycles. The van der Waals surface area contributed by atoms with Crippen LogP contribution in [0.3, 0.4) is 0 Å². The first-order chi connectivity index (χ1) is 12.6. The van der Waals surface area contributed by atoms with Gasteiger partial charge in [-0.3, -0.25) is 4.79 Å². The minimum Gasteiger partial charge on any atom is -0.341 e. The molecule has 1 aliphatic heterocycles. The molecule has 1 amide bonds. The molecule has 0 spiro atoms. The average molecular weight is 368 g/mol. The lowest BCUT2D eigenvalue weighted by Gasteiger charge is -2.14. The van der Waals surface area contributed by atoms with Crippen molar-refractivity contribution < 1.29 is 4.79 Å². The predicted octanol–water partition coefficient (Wildman–Crippen LogP) is 3.58. The lowest BCUT2D eigenvalue weighted by molar-refractivity contribution is -0.112. The second-order valence-corrected chi connectivity index (χ2v) is 6.45. The van der Waals surface area contributed by atoms with Gasteiger partial charge in [-0.2, -0.15) is 5.26 Å². The highest BCUT2D eigenvalue weighted by Gasteiger charge is 2.15. The Balaban J connectivity index is 1.76. The Morgan fingerprint density at radius 2 is 2.00 bits per heavy atom. The SMILES string of the molecule is Cc1c(Cl)cccc1NC(=O)C(C#N)=Cc1cnc(N2CCCC2)nc1. The van der Waals surface area contributed by atoms with Crippen LogP contribution in [0.15, 0.2) is 36.2 Å². The van der Waals surface area contributed by atoms with Gasteiger partial charge in [-0.05, 0) is 43.5 Å². The van der Waals surface area contributed by atoms with Crippen LogP contribution in [0.5, 0.6) is 0 Å². The first kappa shape index (κ1) is 17.9. The van der Waals surface area contributed by atoms with Crippen LogP contribution in [0.4, 0.5) is 11.6 Å². The van der Waals surface area contributed by atoms with E-state index in [9.17, 15) is 10.1 Å². The summed E-state index contributed by atoms with van der Waals surface area (Å²) in [6, 6.07) is 7.15. The van der Waals surface area contributed by atoms with Gasteiger partial charge in [-0.25, -0.2) is 9.97 Å². The summed E-state index contributed by atoms with van der Waals surface area (Å²) in [7, 11) is 0. The molecule has 0 bridgehead atoms. The number of amides is 1. The molecule has 132 valence electrons. The van der Waals surface area contributed by atoms with Crippen molar-refractivity contribution in [2.24, 2.45) is 0 Å². The first-order valence-electron chi connectivity index (χ1n) is 8.34. The summed E-state index contributed by atoms with van der Waals surface area (Å²) in [4.78, 5) is 23.2. The third kappa shape index (κ3) is 4.01. The van der Waals surface area contributed by atoms with Crippen LogP contribution >= 0.6 is 11.6 Å². The van der Waals surface area contributed by atoms with Crippen LogP contribution in [-0.2, 0) is 4.79 Å². The van der Waals surface area contributed by atoms with Gasteiger partial charge in [0.2, 0.25) is 5.95 Å². The van der Waals surface area contributed by atoms with Gasteiger partial charge in [-0.1, -0.05) is 17.7 Å². The highest BCUT2D eigenvalue weighted by molar-refractivity contribution is 6.31. The molecule has 1 saturated heterocycles. The number of hydrogen-bond acceptors (Lipinski definition) is 5. The van der Waals surface area contributed by atoms with Crippen molar-refractivity contribution in [1.82, 2.24) is 9.97 Å². The first-order valence-corrected chi connectivity index (χ1v) is 8.71. The van der Waals surface area contributed by atoms with Crippen LogP contribution in [0, 0.1) is 18.3 Å². The van der Waals surface area contributed by atoms with E-state index in [0.29, 0.717) is 22.2 Å². The summed E-state index contributed by atoms with van der Waals surface area (Å²) in [5, 5.41) is 12.6. The number of carbonyl (C=O) groups is 1. The highest BCUT2D eigenvalue weighted by atomic mass is 35.5. The van der Waals surface area contributed by atoms with Gasteiger partial charge >= 0.3 is 0 Å². The molecular weight excluding hydrogens is 350 g/mol. The summed E-state index contributed by atoms with van der Waals surface area (Å²) in [6.45, 7) is 3.72. The highest BCUT2D eigenvalue weighted by Crippen LogP contribution is 2.23. The Hall–Kier alpha value is -2.91. The van der Waals surface area contributed by atoms with E-state index >= 15 is 0 Å². The smallest absolute Gasteiger partial charge is 0.266 e. The molecule has 6 nitrogen and oxygen atoms in total. The van der Waals surface area contributed by atoms with Gasteiger partial charge in [0.05, 0.1) is 0 Å². The second-order valence-electron chi connectivity index (χ2n) is 6.05. The number of nitriles is 1. The van der Waals surface area contributed by atoms with Gasteiger partial charge < -0.3 is 10.2 Å². The fourth-order valence-corrected chi connectivity index (χ4v) is 2.91. The third-order valence-electron chi connectivity index (χ3n) is 4.24. The van der Waals surface area contributed by atoms with Crippen molar-refractivity contribution in [3.05, 3.63) is 52.3 Å². The summed E-state index contributed by atoms with van der Waals surface area (Å²) in [5.74, 6) is 0.179. The molecule has 0 unspecified atom stereocenters. The maximum atomic E-state index is 12.4. The number of halogens is 1. The molecule has 0 radical (unpaired) electrons. The van der Waals surface area contributed by atoms with Crippen molar-refractivity contribution >= 4 is 35.2 Å². The molecule has 1 aromatic heterocycles. The van der Waals surface area contributed by atoms with E-state index in [2.05, 4.69) is 20.2 Å². The summed E-state index contributed by atoms with van der Waals surface area (Å²) in [5.41, 5.74) is 1.90. The molecule has 1 N–H and O–H groups in total. The monoisotopic (exact) mass is 367 g/mol. The van der Waals surface area contributed by atoms with Crippen LogP contribution in [0.2, 0.25) is 5.02 Å². The summed E-state index contributed by atoms with van der Waals surface area (Å²) >= 11 is 6.06. The number of benzene rings is 1. The molecule has 26 heavy (non-hydrogen) atoms. The van der Waals surface area contributed by atoms with Gasteiger partial charge in [-0.15, -0.1) is 0 Å². The molecule has 2 heterocycles. The Labute approximate surface area is 157 Å². The minimum absolute atomic E-state index is 0.0260. The van der Waals surface area contributed by atoms with Crippen LogP contribution in [0.1, 0.15) is 24.0 Å².